The van der Waals surface area contributed by atoms with Crippen molar-refractivity contribution in [3.63, 3.8) is 0 Å². The number of benzene rings is 10. The SMILES string of the molecule is c1ccc2cc(-c3ccc(-c4ccc(N(c5ccc(-c6cccc7c6ccc6ccccc67)cc5)c5cccc6oc7ccccc7c56)cc4)cc3)ccc2c1. The zero-order valence-corrected chi connectivity index (χ0v) is 30.6. The van der Waals surface area contributed by atoms with Gasteiger partial charge in [-0.15, -0.1) is 0 Å². The van der Waals surface area contributed by atoms with Crippen LogP contribution in [0.25, 0.3) is 87.6 Å². The van der Waals surface area contributed by atoms with Gasteiger partial charge in [0.25, 0.3) is 0 Å². The van der Waals surface area contributed by atoms with E-state index in [1.807, 2.05) is 12.1 Å². The lowest BCUT2D eigenvalue weighted by atomic mass is 9.94. The topological polar surface area (TPSA) is 16.4 Å². The molecule has 0 saturated carbocycles. The molecule has 11 rings (SSSR count). The van der Waals surface area contributed by atoms with E-state index in [2.05, 4.69) is 205 Å². The molecule has 262 valence electrons. The molecule has 2 nitrogen and oxygen atoms in total. The van der Waals surface area contributed by atoms with Crippen molar-refractivity contribution in [2.75, 3.05) is 4.90 Å². The lowest BCUT2D eigenvalue weighted by Crippen LogP contribution is -2.10. The van der Waals surface area contributed by atoms with Crippen LogP contribution in [0.4, 0.5) is 17.1 Å². The molecule has 0 unspecified atom stereocenters. The van der Waals surface area contributed by atoms with E-state index in [0.29, 0.717) is 0 Å². The van der Waals surface area contributed by atoms with Crippen LogP contribution in [0, 0.1) is 0 Å². The van der Waals surface area contributed by atoms with Crippen LogP contribution in [0.15, 0.2) is 217 Å². The fourth-order valence-electron chi connectivity index (χ4n) is 8.48. The predicted octanol–water partition coefficient (Wildman–Crippen LogP) is 15.5. The molecule has 0 aliphatic carbocycles. The average molecular weight is 714 g/mol. The van der Waals surface area contributed by atoms with Gasteiger partial charge in [-0.05, 0) is 114 Å². The van der Waals surface area contributed by atoms with E-state index in [1.54, 1.807) is 0 Å². The van der Waals surface area contributed by atoms with Crippen LogP contribution in [0.1, 0.15) is 0 Å². The number of nitrogens with zero attached hydrogens (tertiary/aromatic N) is 1. The van der Waals surface area contributed by atoms with E-state index in [0.717, 1.165) is 39.0 Å². The van der Waals surface area contributed by atoms with Gasteiger partial charge in [-0.25, -0.2) is 0 Å². The monoisotopic (exact) mass is 713 g/mol. The Morgan fingerprint density at radius 1 is 0.304 bits per heavy atom. The predicted molar refractivity (Wildman–Crippen MR) is 237 cm³/mol. The molecule has 0 spiro atoms. The number of hydrogen-bond donors (Lipinski definition) is 0. The van der Waals surface area contributed by atoms with Crippen molar-refractivity contribution in [2.24, 2.45) is 0 Å². The number of fused-ring (bicyclic) bond motifs is 7. The molecule has 0 N–H and O–H groups in total. The maximum absolute atomic E-state index is 6.38. The Hall–Kier alpha value is -7.42. The highest BCUT2D eigenvalue weighted by Crippen LogP contribution is 2.44. The zero-order valence-electron chi connectivity index (χ0n) is 30.6. The van der Waals surface area contributed by atoms with Crippen molar-refractivity contribution in [1.29, 1.82) is 0 Å². The summed E-state index contributed by atoms with van der Waals surface area (Å²) >= 11 is 0. The molecule has 0 radical (unpaired) electrons. The summed E-state index contributed by atoms with van der Waals surface area (Å²) < 4.78 is 6.38. The zero-order chi connectivity index (χ0) is 37.0. The van der Waals surface area contributed by atoms with Crippen molar-refractivity contribution in [3.05, 3.63) is 212 Å². The van der Waals surface area contributed by atoms with Crippen molar-refractivity contribution in [2.45, 2.75) is 0 Å². The highest BCUT2D eigenvalue weighted by molar-refractivity contribution is 6.14. The Bertz CT molecular complexity index is 3230. The fraction of sp³-hybridized carbons (Fsp3) is 0. The van der Waals surface area contributed by atoms with E-state index in [1.165, 1.54) is 65.7 Å². The van der Waals surface area contributed by atoms with Crippen molar-refractivity contribution < 1.29 is 4.42 Å². The molecule has 0 aliphatic heterocycles. The van der Waals surface area contributed by atoms with Gasteiger partial charge < -0.3 is 9.32 Å². The Morgan fingerprint density at radius 3 is 1.61 bits per heavy atom. The minimum absolute atomic E-state index is 0.872. The maximum atomic E-state index is 6.38. The molecule has 1 aromatic heterocycles. The van der Waals surface area contributed by atoms with E-state index in [4.69, 9.17) is 4.42 Å². The molecular weight excluding hydrogens is 679 g/mol. The van der Waals surface area contributed by atoms with Crippen LogP contribution in [-0.2, 0) is 0 Å². The minimum Gasteiger partial charge on any atom is -0.456 e. The van der Waals surface area contributed by atoms with Crippen molar-refractivity contribution in [3.8, 4) is 33.4 Å². The Labute approximate surface area is 325 Å². The van der Waals surface area contributed by atoms with E-state index in [-0.39, 0.29) is 0 Å². The summed E-state index contributed by atoms with van der Waals surface area (Å²) in [5.41, 5.74) is 12.2. The number of anilines is 3. The van der Waals surface area contributed by atoms with E-state index >= 15 is 0 Å². The second-order valence-electron chi connectivity index (χ2n) is 14.5. The Morgan fingerprint density at radius 2 is 0.839 bits per heavy atom. The summed E-state index contributed by atoms with van der Waals surface area (Å²) in [6.45, 7) is 0. The van der Waals surface area contributed by atoms with Crippen molar-refractivity contribution >= 4 is 71.3 Å². The van der Waals surface area contributed by atoms with Crippen molar-refractivity contribution in [1.82, 2.24) is 0 Å². The lowest BCUT2D eigenvalue weighted by molar-refractivity contribution is 0.669. The molecule has 56 heavy (non-hydrogen) atoms. The van der Waals surface area contributed by atoms with Crippen LogP contribution in [-0.4, -0.2) is 0 Å². The third-order valence-corrected chi connectivity index (χ3v) is 11.3. The summed E-state index contributed by atoms with van der Waals surface area (Å²) in [4.78, 5) is 2.36. The minimum atomic E-state index is 0.872. The van der Waals surface area contributed by atoms with E-state index < -0.39 is 0 Å². The average Bonchev–Trinajstić information content (AvgIpc) is 3.66. The first-order valence-corrected chi connectivity index (χ1v) is 19.2. The normalized spacial score (nSPS) is 11.6. The molecule has 1 heterocycles. The molecule has 0 fully saturated rings. The van der Waals surface area contributed by atoms with Crippen LogP contribution < -0.4 is 4.90 Å². The molecule has 0 atom stereocenters. The highest BCUT2D eigenvalue weighted by atomic mass is 16.3. The first-order valence-electron chi connectivity index (χ1n) is 19.2. The van der Waals surface area contributed by atoms with Crippen LogP contribution in [0.5, 0.6) is 0 Å². The van der Waals surface area contributed by atoms with Gasteiger partial charge in [-0.3, -0.25) is 0 Å². The van der Waals surface area contributed by atoms with Gasteiger partial charge >= 0.3 is 0 Å². The van der Waals surface area contributed by atoms with Gasteiger partial charge in [0.05, 0.1) is 11.1 Å². The number of hydrogen-bond acceptors (Lipinski definition) is 2. The van der Waals surface area contributed by atoms with Gasteiger partial charge in [0.2, 0.25) is 0 Å². The van der Waals surface area contributed by atoms with Gasteiger partial charge in [0.15, 0.2) is 0 Å². The first kappa shape index (κ1) is 32.0. The summed E-state index contributed by atoms with van der Waals surface area (Å²) in [6, 6.07) is 76.5. The molecular formula is C54H35NO. The van der Waals surface area contributed by atoms with E-state index in [9.17, 15) is 0 Å². The van der Waals surface area contributed by atoms with Gasteiger partial charge in [0.1, 0.15) is 11.2 Å². The molecule has 0 bridgehead atoms. The smallest absolute Gasteiger partial charge is 0.137 e. The number of rotatable bonds is 6. The molecule has 0 saturated heterocycles. The fourth-order valence-corrected chi connectivity index (χ4v) is 8.48. The Kier molecular flexibility index (Phi) is 7.53. The number of para-hydroxylation sites is 1. The number of furan rings is 1. The Balaban J connectivity index is 0.989. The highest BCUT2D eigenvalue weighted by Gasteiger charge is 2.20. The summed E-state index contributed by atoms with van der Waals surface area (Å²) in [6.07, 6.45) is 0. The lowest BCUT2D eigenvalue weighted by Gasteiger charge is -2.26. The summed E-state index contributed by atoms with van der Waals surface area (Å²) in [7, 11) is 0. The molecule has 0 aliphatic rings. The third kappa shape index (κ3) is 5.42. The molecule has 0 amide bonds. The molecule has 10 aromatic carbocycles. The first-order chi connectivity index (χ1) is 27.7. The van der Waals surface area contributed by atoms with Crippen LogP contribution >= 0.6 is 0 Å². The largest absolute Gasteiger partial charge is 0.456 e. The third-order valence-electron chi connectivity index (χ3n) is 11.3. The quantitative estimate of drug-likeness (QED) is 0.160. The molecule has 2 heteroatoms. The molecule has 11 aromatic rings. The maximum Gasteiger partial charge on any atom is 0.137 e. The van der Waals surface area contributed by atoms with Gasteiger partial charge in [0, 0.05) is 16.8 Å². The second kappa shape index (κ2) is 13.2. The standard InChI is InChI=1S/C54H35NO/c1-2-11-42-35-43(24-23-36(42)9-1)39-21-19-37(20-22-39)38-25-30-44(31-26-38)55(51-16-8-18-53-54(51)50-13-5-6-17-52(50)56-53)45-32-27-41(28-33-45)47-14-7-15-48-46-12-4-3-10-40(46)29-34-49(47)48/h1-35H. The summed E-state index contributed by atoms with van der Waals surface area (Å²) in [5.74, 6) is 0. The van der Waals surface area contributed by atoms with Crippen LogP contribution in [0.3, 0.4) is 0 Å². The van der Waals surface area contributed by atoms with Gasteiger partial charge in [-0.2, -0.15) is 0 Å². The van der Waals surface area contributed by atoms with Gasteiger partial charge in [-0.1, -0.05) is 164 Å². The van der Waals surface area contributed by atoms with Crippen LogP contribution in [0.2, 0.25) is 0 Å². The second-order valence-corrected chi connectivity index (χ2v) is 14.5. The summed E-state index contributed by atoms with van der Waals surface area (Å²) in [5, 5.41) is 9.78.